The van der Waals surface area contributed by atoms with Crippen LogP contribution >= 0.6 is 0 Å². The van der Waals surface area contributed by atoms with Crippen LogP contribution in [0.25, 0.3) is 0 Å². The Labute approximate surface area is 95.6 Å². The maximum Gasteiger partial charge on any atom is 0.0762 e. The molecule has 0 radical (unpaired) electrons. The third-order valence-electron chi connectivity index (χ3n) is 4.18. The lowest BCUT2D eigenvalue weighted by atomic mass is 9.62. The molecule has 1 saturated heterocycles. The van der Waals surface area contributed by atoms with Crippen LogP contribution in [0.4, 0.5) is 0 Å². The summed E-state index contributed by atoms with van der Waals surface area (Å²) in [4.78, 5) is 0. The first kappa shape index (κ1) is 13.0. The van der Waals surface area contributed by atoms with Gasteiger partial charge < -0.3 is 4.74 Å². The van der Waals surface area contributed by atoms with Crippen molar-refractivity contribution < 1.29 is 4.74 Å². The molecule has 0 aliphatic carbocycles. The number of hydrogen-bond donors (Lipinski definition) is 0. The fourth-order valence-electron chi connectivity index (χ4n) is 3.35. The van der Waals surface area contributed by atoms with Gasteiger partial charge in [-0.05, 0) is 24.2 Å². The summed E-state index contributed by atoms with van der Waals surface area (Å²) in [5, 5.41) is 0. The van der Waals surface area contributed by atoms with Crippen molar-refractivity contribution in [2.24, 2.45) is 23.7 Å². The van der Waals surface area contributed by atoms with Crippen molar-refractivity contribution in [1.82, 2.24) is 0 Å². The monoisotopic (exact) mass is 212 g/mol. The second-order valence-corrected chi connectivity index (χ2v) is 6.06. The summed E-state index contributed by atoms with van der Waals surface area (Å²) < 4.78 is 6.27. The van der Waals surface area contributed by atoms with Crippen molar-refractivity contribution in [3.05, 3.63) is 0 Å². The van der Waals surface area contributed by atoms with Crippen molar-refractivity contribution in [3.8, 4) is 0 Å². The van der Waals surface area contributed by atoms with Gasteiger partial charge in [-0.15, -0.1) is 0 Å². The van der Waals surface area contributed by atoms with Gasteiger partial charge in [0.2, 0.25) is 0 Å². The van der Waals surface area contributed by atoms with Gasteiger partial charge >= 0.3 is 0 Å². The minimum absolute atomic E-state index is 0.156. The van der Waals surface area contributed by atoms with Crippen molar-refractivity contribution in [3.63, 3.8) is 0 Å². The topological polar surface area (TPSA) is 9.23 Å². The number of hydrogen-bond acceptors (Lipinski definition) is 1. The quantitative estimate of drug-likeness (QED) is 0.681. The van der Waals surface area contributed by atoms with Gasteiger partial charge in [-0.25, -0.2) is 0 Å². The molecule has 3 unspecified atom stereocenters. The molecule has 0 saturated carbocycles. The molecule has 0 amide bonds. The Hall–Kier alpha value is -0.0400. The van der Waals surface area contributed by atoms with E-state index in [4.69, 9.17) is 4.74 Å². The third-order valence-corrected chi connectivity index (χ3v) is 4.18. The van der Waals surface area contributed by atoms with Crippen molar-refractivity contribution in [2.75, 3.05) is 0 Å². The SMILES string of the molecule is CCC1(C(C)C)OC(C(C)C)C1C(C)C. The van der Waals surface area contributed by atoms with Crippen LogP contribution in [0.2, 0.25) is 0 Å². The molecule has 1 rings (SSSR count). The lowest BCUT2D eigenvalue weighted by Crippen LogP contribution is -2.65. The molecule has 0 aromatic heterocycles. The maximum absolute atomic E-state index is 6.27. The van der Waals surface area contributed by atoms with Crippen LogP contribution in [0, 0.1) is 23.7 Å². The highest BCUT2D eigenvalue weighted by atomic mass is 16.5. The molecule has 0 aromatic carbocycles. The molecular formula is C14H28O. The molecule has 1 heteroatoms. The Bertz CT molecular complexity index is 207. The van der Waals surface area contributed by atoms with E-state index in [0.29, 0.717) is 17.9 Å². The van der Waals surface area contributed by atoms with Crippen LogP contribution in [0.15, 0.2) is 0 Å². The molecule has 0 aromatic rings. The lowest BCUT2D eigenvalue weighted by Gasteiger charge is -2.60. The van der Waals surface area contributed by atoms with Gasteiger partial charge in [0, 0.05) is 5.92 Å². The number of ether oxygens (including phenoxy) is 1. The molecule has 1 aliphatic heterocycles. The van der Waals surface area contributed by atoms with Gasteiger partial charge in [-0.1, -0.05) is 48.5 Å². The summed E-state index contributed by atoms with van der Waals surface area (Å²) >= 11 is 0. The van der Waals surface area contributed by atoms with Crippen LogP contribution < -0.4 is 0 Å². The van der Waals surface area contributed by atoms with Gasteiger partial charge in [0.15, 0.2) is 0 Å². The Morgan fingerprint density at radius 1 is 1.00 bits per heavy atom. The van der Waals surface area contributed by atoms with Crippen LogP contribution in [0.1, 0.15) is 54.9 Å². The highest BCUT2D eigenvalue weighted by Crippen LogP contribution is 2.52. The van der Waals surface area contributed by atoms with E-state index in [2.05, 4.69) is 48.5 Å². The van der Waals surface area contributed by atoms with Gasteiger partial charge in [0.25, 0.3) is 0 Å². The van der Waals surface area contributed by atoms with E-state index in [9.17, 15) is 0 Å². The zero-order valence-electron chi connectivity index (χ0n) is 11.5. The van der Waals surface area contributed by atoms with E-state index < -0.39 is 0 Å². The largest absolute Gasteiger partial charge is 0.370 e. The third kappa shape index (κ3) is 1.95. The Kier molecular flexibility index (Phi) is 3.86. The molecular weight excluding hydrogens is 184 g/mol. The smallest absolute Gasteiger partial charge is 0.0762 e. The minimum Gasteiger partial charge on any atom is -0.370 e. The van der Waals surface area contributed by atoms with E-state index >= 15 is 0 Å². The summed E-state index contributed by atoms with van der Waals surface area (Å²) in [6, 6.07) is 0. The van der Waals surface area contributed by atoms with E-state index in [0.717, 1.165) is 18.3 Å². The predicted molar refractivity (Wildman–Crippen MR) is 65.9 cm³/mol. The van der Waals surface area contributed by atoms with Gasteiger partial charge in [-0.3, -0.25) is 0 Å². The zero-order chi connectivity index (χ0) is 11.8. The second kappa shape index (κ2) is 4.45. The van der Waals surface area contributed by atoms with E-state index in [1.165, 1.54) is 0 Å². The zero-order valence-corrected chi connectivity index (χ0v) is 11.5. The first-order chi connectivity index (χ1) is 6.86. The molecule has 1 heterocycles. The average Bonchev–Trinajstić information content (AvgIpc) is 2.00. The molecule has 0 bridgehead atoms. The van der Waals surface area contributed by atoms with Crippen molar-refractivity contribution in [1.29, 1.82) is 0 Å². The van der Waals surface area contributed by atoms with E-state index in [1.54, 1.807) is 0 Å². The summed E-state index contributed by atoms with van der Waals surface area (Å²) in [6.07, 6.45) is 1.63. The van der Waals surface area contributed by atoms with Gasteiger partial charge in [-0.2, -0.15) is 0 Å². The Morgan fingerprint density at radius 2 is 1.53 bits per heavy atom. The van der Waals surface area contributed by atoms with Crippen LogP contribution in [-0.4, -0.2) is 11.7 Å². The second-order valence-electron chi connectivity index (χ2n) is 6.06. The lowest BCUT2D eigenvalue weighted by molar-refractivity contribution is -0.307. The molecule has 0 spiro atoms. The molecule has 1 aliphatic rings. The van der Waals surface area contributed by atoms with Gasteiger partial charge in [0.05, 0.1) is 11.7 Å². The van der Waals surface area contributed by atoms with Crippen molar-refractivity contribution in [2.45, 2.75) is 66.6 Å². The number of rotatable bonds is 4. The molecule has 0 N–H and O–H groups in total. The highest BCUT2D eigenvalue weighted by Gasteiger charge is 2.57. The summed E-state index contributed by atoms with van der Waals surface area (Å²) in [7, 11) is 0. The highest BCUT2D eigenvalue weighted by molar-refractivity contribution is 5.04. The fraction of sp³-hybridized carbons (Fsp3) is 1.00. The maximum atomic E-state index is 6.27. The van der Waals surface area contributed by atoms with E-state index in [-0.39, 0.29) is 5.60 Å². The first-order valence-corrected chi connectivity index (χ1v) is 6.54. The summed E-state index contributed by atoms with van der Waals surface area (Å²) in [5.74, 6) is 2.75. The first-order valence-electron chi connectivity index (χ1n) is 6.54. The Morgan fingerprint density at radius 3 is 1.80 bits per heavy atom. The van der Waals surface area contributed by atoms with Crippen molar-refractivity contribution >= 4 is 0 Å². The Balaban J connectivity index is 2.86. The molecule has 15 heavy (non-hydrogen) atoms. The van der Waals surface area contributed by atoms with Crippen LogP contribution in [0.3, 0.4) is 0 Å². The van der Waals surface area contributed by atoms with E-state index in [1.807, 2.05) is 0 Å². The molecule has 1 fully saturated rings. The molecule has 1 nitrogen and oxygen atoms in total. The molecule has 90 valence electrons. The molecule has 3 atom stereocenters. The van der Waals surface area contributed by atoms with Crippen LogP contribution in [-0.2, 0) is 4.74 Å². The minimum atomic E-state index is 0.156. The van der Waals surface area contributed by atoms with Gasteiger partial charge in [0.1, 0.15) is 0 Å². The summed E-state index contributed by atoms with van der Waals surface area (Å²) in [5.41, 5.74) is 0.156. The fourth-order valence-corrected chi connectivity index (χ4v) is 3.35. The normalized spacial score (nSPS) is 36.4. The van der Waals surface area contributed by atoms with Crippen LogP contribution in [0.5, 0.6) is 0 Å². The average molecular weight is 212 g/mol. The standard InChI is InChI=1S/C14H28O/c1-8-14(11(6)7)12(9(2)3)13(15-14)10(4)5/h9-13H,8H2,1-7H3. The summed E-state index contributed by atoms with van der Waals surface area (Å²) in [6.45, 7) is 16.1. The predicted octanol–water partition coefficient (Wildman–Crippen LogP) is 4.12.